The number of carbonyl (C=O) groups excluding carboxylic acids is 3. The molecule has 2 aromatic carbocycles. The third kappa shape index (κ3) is 8.01. The number of aliphatic imine (C=N–C) groups is 1. The molecule has 2 atom stereocenters. The molecule has 3 aromatic heterocycles. The second-order valence-electron chi connectivity index (χ2n) is 14.2. The zero-order valence-electron chi connectivity index (χ0n) is 30.5. The average Bonchev–Trinajstić information content (AvgIpc) is 3.79. The lowest BCUT2D eigenvalue weighted by molar-refractivity contribution is -0.134. The van der Waals surface area contributed by atoms with Gasteiger partial charge in [0.15, 0.2) is 5.82 Å². The van der Waals surface area contributed by atoms with Gasteiger partial charge in [-0.25, -0.2) is 0 Å². The Hall–Kier alpha value is -4.61. The van der Waals surface area contributed by atoms with Crippen molar-refractivity contribution >= 4 is 57.3 Å². The molecule has 3 amide bonds. The van der Waals surface area contributed by atoms with Crippen LogP contribution in [-0.2, 0) is 20.8 Å². The van der Waals surface area contributed by atoms with Crippen LogP contribution in [0.5, 0.6) is 0 Å². The van der Waals surface area contributed by atoms with E-state index in [1.807, 2.05) is 37.3 Å². The third-order valence-corrected chi connectivity index (χ3v) is 11.9. The minimum atomic E-state index is -0.477. The van der Waals surface area contributed by atoms with Crippen molar-refractivity contribution < 1.29 is 18.8 Å². The van der Waals surface area contributed by atoms with Crippen LogP contribution in [0.25, 0.3) is 16.0 Å². The number of fused-ring (bicyclic) bond motifs is 4. The van der Waals surface area contributed by atoms with E-state index in [-0.39, 0.29) is 30.1 Å². The lowest BCUT2D eigenvalue weighted by Gasteiger charge is -2.19. The number of halogens is 1. The maximum absolute atomic E-state index is 13.3. The first-order valence-electron chi connectivity index (χ1n) is 18.6. The first kappa shape index (κ1) is 36.7. The largest absolute Gasteiger partial charge is 0.464 e. The van der Waals surface area contributed by atoms with Crippen molar-refractivity contribution in [2.24, 2.45) is 4.99 Å². The number of hydrogen-bond donors (Lipinski definition) is 2. The average molecular weight is 753 g/mol. The van der Waals surface area contributed by atoms with Crippen molar-refractivity contribution in [1.82, 2.24) is 25.4 Å². The standard InChI is InChI=1S/C41H45ClN6O4S/c1-24-25(2)53-41-37(24)38(28-13-15-29(42)16-14-28)44-33(39-47-46-26(3)48(39)41)22-36(50)43-20-10-8-6-4-5-7-9-11-27-12-18-34-31(21-27)32(23-52-34)30-17-19-35(49)45-40(30)51/h12-16,18,21,23,30,33H,4-11,17,19-20,22H2,1-3H3,(H,43,50)(H,45,49,51)/t30?,33-/m0/s1. The second kappa shape index (κ2) is 16.2. The second-order valence-corrected chi connectivity index (χ2v) is 15.8. The van der Waals surface area contributed by atoms with E-state index in [1.54, 1.807) is 17.6 Å². The van der Waals surface area contributed by atoms with Crippen LogP contribution < -0.4 is 10.6 Å². The number of benzene rings is 2. The van der Waals surface area contributed by atoms with E-state index in [9.17, 15) is 14.4 Å². The van der Waals surface area contributed by atoms with Gasteiger partial charge in [0.1, 0.15) is 22.5 Å². The molecule has 5 aromatic rings. The Labute approximate surface area is 318 Å². The predicted octanol–water partition coefficient (Wildman–Crippen LogP) is 8.55. The van der Waals surface area contributed by atoms with Crippen molar-refractivity contribution in [3.63, 3.8) is 0 Å². The molecule has 0 radical (unpaired) electrons. The first-order valence-corrected chi connectivity index (χ1v) is 19.8. The number of aryl methyl sites for hydroxylation is 3. The normalized spacial score (nSPS) is 16.9. The monoisotopic (exact) mass is 752 g/mol. The maximum atomic E-state index is 13.3. The number of unbranched alkanes of at least 4 members (excludes halogenated alkanes) is 6. The highest BCUT2D eigenvalue weighted by atomic mass is 35.5. The van der Waals surface area contributed by atoms with Gasteiger partial charge in [-0.3, -0.25) is 29.3 Å². The molecule has 53 heavy (non-hydrogen) atoms. The molecule has 0 bridgehead atoms. The number of imide groups is 1. The number of amides is 3. The minimum Gasteiger partial charge on any atom is -0.464 e. The summed E-state index contributed by atoms with van der Waals surface area (Å²) in [5, 5.41) is 17.2. The molecule has 276 valence electrons. The predicted molar refractivity (Wildman–Crippen MR) is 208 cm³/mol. The molecule has 1 fully saturated rings. The highest BCUT2D eigenvalue weighted by Crippen LogP contribution is 2.40. The molecule has 7 rings (SSSR count). The van der Waals surface area contributed by atoms with Crippen molar-refractivity contribution in [3.05, 3.63) is 98.1 Å². The van der Waals surface area contributed by atoms with E-state index < -0.39 is 6.04 Å². The number of rotatable bonds is 14. The molecule has 1 unspecified atom stereocenters. The van der Waals surface area contributed by atoms with Crippen molar-refractivity contribution in [1.29, 1.82) is 0 Å². The Balaban J connectivity index is 0.859. The zero-order valence-corrected chi connectivity index (χ0v) is 32.0. The summed E-state index contributed by atoms with van der Waals surface area (Å²) in [4.78, 5) is 43.7. The topological polar surface area (TPSA) is 131 Å². The van der Waals surface area contributed by atoms with Gasteiger partial charge in [-0.05, 0) is 81.8 Å². The molecule has 2 aliphatic rings. The molecular formula is C41H45ClN6O4S. The summed E-state index contributed by atoms with van der Waals surface area (Å²) in [7, 11) is 0. The Morgan fingerprint density at radius 1 is 1.00 bits per heavy atom. The van der Waals surface area contributed by atoms with Gasteiger partial charge in [-0.2, -0.15) is 0 Å². The van der Waals surface area contributed by atoms with Crippen LogP contribution in [-0.4, -0.2) is 44.7 Å². The van der Waals surface area contributed by atoms with Crippen LogP contribution in [0.2, 0.25) is 5.02 Å². The molecule has 5 heterocycles. The summed E-state index contributed by atoms with van der Waals surface area (Å²) >= 11 is 7.93. The summed E-state index contributed by atoms with van der Waals surface area (Å²) < 4.78 is 7.80. The summed E-state index contributed by atoms with van der Waals surface area (Å²) in [6.45, 7) is 6.81. The van der Waals surface area contributed by atoms with Gasteiger partial charge >= 0.3 is 0 Å². The van der Waals surface area contributed by atoms with Crippen LogP contribution in [0.3, 0.4) is 0 Å². The lowest BCUT2D eigenvalue weighted by atomic mass is 9.89. The Morgan fingerprint density at radius 2 is 1.75 bits per heavy atom. The Bertz CT molecular complexity index is 2180. The maximum Gasteiger partial charge on any atom is 0.234 e. The number of nitrogens with one attached hydrogen (secondary N) is 2. The number of thiophene rings is 1. The fourth-order valence-corrected chi connectivity index (χ4v) is 8.80. The summed E-state index contributed by atoms with van der Waals surface area (Å²) in [5.41, 5.74) is 6.89. The van der Waals surface area contributed by atoms with Gasteiger partial charge in [0.05, 0.1) is 24.3 Å². The Kier molecular flexibility index (Phi) is 11.2. The molecule has 2 aliphatic heterocycles. The fourth-order valence-electron chi connectivity index (χ4n) is 7.46. The Morgan fingerprint density at radius 3 is 2.53 bits per heavy atom. The molecule has 2 N–H and O–H groups in total. The SMILES string of the molecule is Cc1sc2c(c1C)C(c1ccc(Cl)cc1)=N[C@@H](CC(=O)NCCCCCCCCCc1ccc3occ(C4CCC(=O)NC4=O)c3c1)c1nnc(C)n1-2. The van der Waals surface area contributed by atoms with Crippen LogP contribution in [0, 0.1) is 20.8 Å². The van der Waals surface area contributed by atoms with E-state index >= 15 is 0 Å². The zero-order chi connectivity index (χ0) is 37.1. The van der Waals surface area contributed by atoms with Gasteiger partial charge in [-0.15, -0.1) is 21.5 Å². The minimum absolute atomic E-state index is 0.0441. The van der Waals surface area contributed by atoms with Crippen LogP contribution in [0.1, 0.15) is 121 Å². The first-order chi connectivity index (χ1) is 25.7. The third-order valence-electron chi connectivity index (χ3n) is 10.5. The molecule has 0 spiro atoms. The summed E-state index contributed by atoms with van der Waals surface area (Å²) in [5.74, 6) is 0.615. The van der Waals surface area contributed by atoms with Gasteiger partial charge in [0.2, 0.25) is 17.7 Å². The molecule has 12 heteroatoms. The van der Waals surface area contributed by atoms with E-state index in [0.717, 1.165) is 94.7 Å². The highest BCUT2D eigenvalue weighted by molar-refractivity contribution is 7.15. The van der Waals surface area contributed by atoms with E-state index in [0.29, 0.717) is 30.2 Å². The number of piperidine rings is 1. The molecule has 1 saturated heterocycles. The fraction of sp³-hybridized carbons (Fsp3) is 0.415. The van der Waals surface area contributed by atoms with Gasteiger partial charge in [-0.1, -0.05) is 61.9 Å². The van der Waals surface area contributed by atoms with Crippen LogP contribution >= 0.6 is 22.9 Å². The highest BCUT2D eigenvalue weighted by Gasteiger charge is 2.33. The quantitative estimate of drug-likeness (QED) is 0.0864. The number of carbonyl (C=O) groups is 3. The van der Waals surface area contributed by atoms with Crippen LogP contribution in [0.15, 0.2) is 58.1 Å². The molecule has 10 nitrogen and oxygen atoms in total. The van der Waals surface area contributed by atoms with Crippen molar-refractivity contribution in [2.75, 3.05) is 6.54 Å². The molecular weight excluding hydrogens is 708 g/mol. The van der Waals surface area contributed by atoms with Crippen molar-refractivity contribution in [3.8, 4) is 5.00 Å². The number of nitrogens with zero attached hydrogens (tertiary/aromatic N) is 4. The smallest absolute Gasteiger partial charge is 0.234 e. The van der Waals surface area contributed by atoms with Gasteiger partial charge in [0.25, 0.3) is 0 Å². The molecule has 0 saturated carbocycles. The lowest BCUT2D eigenvalue weighted by Crippen LogP contribution is -2.39. The van der Waals surface area contributed by atoms with Gasteiger partial charge in [0, 0.05) is 44.9 Å². The number of furan rings is 1. The van der Waals surface area contributed by atoms with Crippen LogP contribution in [0.4, 0.5) is 0 Å². The van der Waals surface area contributed by atoms with Gasteiger partial charge < -0.3 is 9.73 Å². The number of aromatic nitrogens is 3. The number of hydrogen-bond acceptors (Lipinski definition) is 8. The van der Waals surface area contributed by atoms with Crippen molar-refractivity contribution in [2.45, 2.75) is 103 Å². The summed E-state index contributed by atoms with van der Waals surface area (Å²) in [6, 6.07) is 13.5. The van der Waals surface area contributed by atoms with E-state index in [2.05, 4.69) is 51.4 Å². The molecule has 0 aliphatic carbocycles. The summed E-state index contributed by atoms with van der Waals surface area (Å²) in [6.07, 6.45) is 11.4. The van der Waals surface area contributed by atoms with E-state index in [1.165, 1.54) is 16.9 Å². The van der Waals surface area contributed by atoms with E-state index in [4.69, 9.17) is 21.0 Å².